The molecule has 0 spiro atoms. The van der Waals surface area contributed by atoms with Gasteiger partial charge in [-0.05, 0) is 45.0 Å². The molecule has 6 nitrogen and oxygen atoms in total. The van der Waals surface area contributed by atoms with Gasteiger partial charge in [-0.3, -0.25) is 9.78 Å². The number of nitrogens with two attached hydrogens (primary N) is 1. The maximum atomic E-state index is 14.1. The van der Waals surface area contributed by atoms with E-state index in [0.29, 0.717) is 35.4 Å². The average molecular weight is 347 g/mol. The third-order valence-electron chi connectivity index (χ3n) is 4.06. The smallest absolute Gasteiger partial charge is 0.252 e. The lowest BCUT2D eigenvalue weighted by Crippen LogP contribution is -2.44. The van der Waals surface area contributed by atoms with Crippen LogP contribution in [-0.4, -0.2) is 42.4 Å². The fourth-order valence-corrected chi connectivity index (χ4v) is 2.89. The number of aromatic nitrogens is 1. The van der Waals surface area contributed by atoms with Crippen LogP contribution in [0.1, 0.15) is 30.6 Å². The molecular formula is C18H22FN3O3. The number of primary amides is 1. The lowest BCUT2D eigenvalue weighted by Gasteiger charge is -2.27. The first kappa shape index (κ1) is 17.4. The summed E-state index contributed by atoms with van der Waals surface area (Å²) in [5.41, 5.74) is 6.26. The van der Waals surface area contributed by atoms with Crippen molar-refractivity contribution < 1.29 is 18.7 Å². The molecule has 1 aromatic carbocycles. The summed E-state index contributed by atoms with van der Waals surface area (Å²) < 4.78 is 25.7. The molecule has 3 N–H and O–H groups in total. The molecule has 0 unspecified atom stereocenters. The van der Waals surface area contributed by atoms with E-state index in [2.05, 4.69) is 10.3 Å². The molecule has 1 aliphatic rings. The summed E-state index contributed by atoms with van der Waals surface area (Å²) in [6.45, 7) is 4.71. The van der Waals surface area contributed by atoms with E-state index >= 15 is 0 Å². The van der Waals surface area contributed by atoms with Gasteiger partial charge >= 0.3 is 0 Å². The summed E-state index contributed by atoms with van der Waals surface area (Å²) in [5, 5.41) is 3.66. The molecular weight excluding hydrogens is 325 g/mol. The van der Waals surface area contributed by atoms with Gasteiger partial charge < -0.3 is 20.5 Å². The number of halogens is 1. The summed E-state index contributed by atoms with van der Waals surface area (Å²) >= 11 is 0. The van der Waals surface area contributed by atoms with Crippen LogP contribution in [-0.2, 0) is 0 Å². The van der Waals surface area contributed by atoms with Gasteiger partial charge in [0.2, 0.25) is 0 Å². The minimum Gasteiger partial charge on any atom is -0.490 e. The number of ether oxygens (including phenoxy) is 2. The number of pyridine rings is 1. The van der Waals surface area contributed by atoms with Crippen LogP contribution < -0.4 is 20.5 Å². The lowest BCUT2D eigenvalue weighted by atomic mass is 10.1. The fourth-order valence-electron chi connectivity index (χ4n) is 2.89. The number of nitrogens with one attached hydrogen (secondary N) is 1. The van der Waals surface area contributed by atoms with E-state index in [1.165, 1.54) is 0 Å². The number of alkyl halides is 1. The van der Waals surface area contributed by atoms with E-state index in [1.54, 1.807) is 24.4 Å². The second kappa shape index (κ2) is 7.23. The predicted octanol–water partition coefficient (Wildman–Crippen LogP) is 2.20. The molecule has 25 heavy (non-hydrogen) atoms. The van der Waals surface area contributed by atoms with Crippen LogP contribution in [0.15, 0.2) is 24.4 Å². The molecule has 0 aliphatic carbocycles. The summed E-state index contributed by atoms with van der Waals surface area (Å²) in [6, 6.07) is 4.96. The van der Waals surface area contributed by atoms with Gasteiger partial charge in [-0.2, -0.15) is 0 Å². The van der Waals surface area contributed by atoms with Crippen molar-refractivity contribution in [3.05, 3.63) is 30.0 Å². The Morgan fingerprint density at radius 1 is 1.40 bits per heavy atom. The van der Waals surface area contributed by atoms with Crippen molar-refractivity contribution in [1.29, 1.82) is 0 Å². The van der Waals surface area contributed by atoms with E-state index < -0.39 is 18.2 Å². The van der Waals surface area contributed by atoms with Crippen molar-refractivity contribution in [1.82, 2.24) is 10.3 Å². The molecule has 0 bridgehead atoms. The van der Waals surface area contributed by atoms with Crippen LogP contribution in [0.3, 0.4) is 0 Å². The van der Waals surface area contributed by atoms with Crippen LogP contribution in [0.25, 0.3) is 10.9 Å². The number of amides is 1. The Hall–Kier alpha value is -2.41. The second-order valence-corrected chi connectivity index (χ2v) is 6.37. The Morgan fingerprint density at radius 2 is 2.20 bits per heavy atom. The van der Waals surface area contributed by atoms with Gasteiger partial charge in [0.25, 0.3) is 5.91 Å². The molecule has 0 radical (unpaired) electrons. The topological polar surface area (TPSA) is 86.5 Å². The number of benzene rings is 1. The highest BCUT2D eigenvalue weighted by atomic mass is 19.1. The third-order valence-corrected chi connectivity index (χ3v) is 4.06. The van der Waals surface area contributed by atoms with Crippen molar-refractivity contribution >= 4 is 16.8 Å². The zero-order valence-corrected chi connectivity index (χ0v) is 14.3. The number of rotatable bonds is 5. The zero-order valence-electron chi connectivity index (χ0n) is 14.3. The number of carbonyl (C=O) groups excluding carboxylic acids is 1. The Morgan fingerprint density at radius 3 is 2.88 bits per heavy atom. The molecule has 0 saturated carbocycles. The molecule has 2 heterocycles. The van der Waals surface area contributed by atoms with Crippen LogP contribution in [0.5, 0.6) is 11.5 Å². The Balaban J connectivity index is 2.02. The Labute approximate surface area is 145 Å². The zero-order chi connectivity index (χ0) is 18.0. The minimum absolute atomic E-state index is 0.128. The molecule has 1 fully saturated rings. The van der Waals surface area contributed by atoms with Crippen LogP contribution in [0, 0.1) is 0 Å². The SMILES string of the molecule is CC(C)Oc1cc2c(O[C@@H]3CCNC[C@@H]3F)ccnc2cc1C(N)=O. The van der Waals surface area contributed by atoms with Crippen molar-refractivity contribution in [2.24, 2.45) is 5.73 Å². The van der Waals surface area contributed by atoms with Gasteiger partial charge in [-0.15, -0.1) is 0 Å². The molecule has 1 amide bonds. The van der Waals surface area contributed by atoms with Crippen LogP contribution >= 0.6 is 0 Å². The second-order valence-electron chi connectivity index (χ2n) is 6.37. The van der Waals surface area contributed by atoms with Crippen molar-refractivity contribution in [3.8, 4) is 11.5 Å². The molecule has 1 saturated heterocycles. The van der Waals surface area contributed by atoms with Gasteiger partial charge in [0.05, 0.1) is 17.2 Å². The van der Waals surface area contributed by atoms with Gasteiger partial charge in [0, 0.05) is 18.1 Å². The van der Waals surface area contributed by atoms with Crippen molar-refractivity contribution in [3.63, 3.8) is 0 Å². The van der Waals surface area contributed by atoms with Crippen molar-refractivity contribution in [2.75, 3.05) is 13.1 Å². The standard InChI is InChI=1S/C18H22FN3O3/c1-10(2)24-17-8-11-14(7-12(17)18(20)23)22-6-4-15(11)25-16-3-5-21-9-13(16)19/h4,6-8,10,13,16,21H,3,5,9H2,1-2H3,(H2,20,23)/t13-,16+/m0/s1. The Kier molecular flexibility index (Phi) is 5.03. The van der Waals surface area contributed by atoms with E-state index in [0.717, 1.165) is 0 Å². The van der Waals surface area contributed by atoms with E-state index in [-0.39, 0.29) is 18.2 Å². The number of piperidine rings is 1. The molecule has 2 atom stereocenters. The van der Waals surface area contributed by atoms with E-state index in [1.807, 2.05) is 13.8 Å². The molecule has 1 aromatic heterocycles. The van der Waals surface area contributed by atoms with Crippen LogP contribution in [0.4, 0.5) is 4.39 Å². The first-order valence-electron chi connectivity index (χ1n) is 8.36. The molecule has 3 rings (SSSR count). The monoisotopic (exact) mass is 347 g/mol. The molecule has 7 heteroatoms. The van der Waals surface area contributed by atoms with Crippen molar-refractivity contribution in [2.45, 2.75) is 38.6 Å². The lowest BCUT2D eigenvalue weighted by molar-refractivity contribution is 0.0743. The number of nitrogens with zero attached hydrogens (tertiary/aromatic N) is 1. The van der Waals surface area contributed by atoms with Gasteiger partial charge in [0.15, 0.2) is 0 Å². The summed E-state index contributed by atoms with van der Waals surface area (Å²) in [6.07, 6.45) is 0.431. The number of hydrogen-bond acceptors (Lipinski definition) is 5. The highest BCUT2D eigenvalue weighted by molar-refractivity contribution is 6.01. The number of carbonyl (C=O) groups is 1. The fraction of sp³-hybridized carbons (Fsp3) is 0.444. The van der Waals surface area contributed by atoms with Gasteiger partial charge in [0.1, 0.15) is 23.8 Å². The largest absolute Gasteiger partial charge is 0.490 e. The van der Waals surface area contributed by atoms with E-state index in [4.69, 9.17) is 15.2 Å². The first-order chi connectivity index (χ1) is 12.0. The first-order valence-corrected chi connectivity index (χ1v) is 8.36. The minimum atomic E-state index is -1.08. The maximum Gasteiger partial charge on any atom is 0.252 e. The predicted molar refractivity (Wildman–Crippen MR) is 92.8 cm³/mol. The average Bonchev–Trinajstić information content (AvgIpc) is 2.56. The normalized spacial score (nSPS) is 20.6. The number of hydrogen-bond donors (Lipinski definition) is 2. The molecule has 134 valence electrons. The summed E-state index contributed by atoms with van der Waals surface area (Å²) in [4.78, 5) is 16.0. The van der Waals surface area contributed by atoms with Gasteiger partial charge in [-0.25, -0.2) is 4.39 Å². The van der Waals surface area contributed by atoms with Gasteiger partial charge in [-0.1, -0.05) is 0 Å². The number of fused-ring (bicyclic) bond motifs is 1. The highest BCUT2D eigenvalue weighted by Crippen LogP contribution is 2.32. The quantitative estimate of drug-likeness (QED) is 0.866. The highest BCUT2D eigenvalue weighted by Gasteiger charge is 2.27. The summed E-state index contributed by atoms with van der Waals surface area (Å²) in [7, 11) is 0. The summed E-state index contributed by atoms with van der Waals surface area (Å²) in [5.74, 6) is 0.298. The van der Waals surface area contributed by atoms with E-state index in [9.17, 15) is 9.18 Å². The maximum absolute atomic E-state index is 14.1. The molecule has 1 aliphatic heterocycles. The van der Waals surface area contributed by atoms with Crippen LogP contribution in [0.2, 0.25) is 0 Å². The Bertz CT molecular complexity index is 781. The molecule has 2 aromatic rings. The third kappa shape index (κ3) is 3.82.